The van der Waals surface area contributed by atoms with Crippen molar-refractivity contribution in [2.75, 3.05) is 0 Å². The van der Waals surface area contributed by atoms with E-state index in [9.17, 15) is 9.59 Å². The predicted octanol–water partition coefficient (Wildman–Crippen LogP) is 3.46. The summed E-state index contributed by atoms with van der Waals surface area (Å²) in [6.07, 6.45) is 0.582. The third-order valence-electron chi connectivity index (χ3n) is 6.34. The predicted molar refractivity (Wildman–Crippen MR) is 103 cm³/mol. The maximum atomic E-state index is 13.2. The molecule has 0 saturated heterocycles. The third kappa shape index (κ3) is 1.97. The first kappa shape index (κ1) is 16.2. The van der Waals surface area contributed by atoms with Gasteiger partial charge in [-0.3, -0.25) is 9.59 Å². The van der Waals surface area contributed by atoms with Gasteiger partial charge in [0, 0.05) is 10.9 Å². The summed E-state index contributed by atoms with van der Waals surface area (Å²) in [7, 11) is 0. The molecule has 1 atom stereocenters. The second kappa shape index (κ2) is 5.28. The molecule has 27 heavy (non-hydrogen) atoms. The number of fused-ring (bicyclic) bond motifs is 5. The number of esters is 1. The number of para-hydroxylation sites is 1. The Morgan fingerprint density at radius 3 is 2.78 bits per heavy atom. The van der Waals surface area contributed by atoms with Gasteiger partial charge in [-0.05, 0) is 43.5 Å². The first-order valence-electron chi connectivity index (χ1n) is 9.28. The number of ether oxygens (including phenoxy) is 1. The van der Waals surface area contributed by atoms with Crippen molar-refractivity contribution in [3.63, 3.8) is 0 Å². The minimum atomic E-state index is -0.795. The summed E-state index contributed by atoms with van der Waals surface area (Å²) in [5, 5.41) is 1.11. The van der Waals surface area contributed by atoms with E-state index in [1.165, 1.54) is 0 Å². The number of cyclic esters (lactones) is 1. The van der Waals surface area contributed by atoms with E-state index in [0.29, 0.717) is 18.5 Å². The highest BCUT2D eigenvalue weighted by Crippen LogP contribution is 2.40. The average Bonchev–Trinajstić information content (AvgIpc) is 3.05. The Morgan fingerprint density at radius 2 is 2.00 bits per heavy atom. The minimum absolute atomic E-state index is 0.0492. The molecule has 3 aromatic rings. The first-order valence-corrected chi connectivity index (χ1v) is 9.28. The van der Waals surface area contributed by atoms with E-state index in [0.717, 1.165) is 39.0 Å². The lowest BCUT2D eigenvalue weighted by atomic mass is 9.76. The van der Waals surface area contributed by atoms with Crippen LogP contribution in [0.5, 0.6) is 0 Å². The van der Waals surface area contributed by atoms with Crippen molar-refractivity contribution in [2.24, 2.45) is 0 Å². The molecule has 5 rings (SSSR count). The van der Waals surface area contributed by atoms with Crippen molar-refractivity contribution >= 4 is 16.9 Å². The summed E-state index contributed by atoms with van der Waals surface area (Å²) in [5.41, 5.74) is 5.33. The number of aryl methyl sites for hydroxylation is 1. The second-order valence-electron chi connectivity index (χ2n) is 7.66. The van der Waals surface area contributed by atoms with E-state index in [4.69, 9.17) is 9.72 Å². The Balaban J connectivity index is 1.84. The Morgan fingerprint density at radius 1 is 1.22 bits per heavy atom. The molecular weight excluding hydrogens is 340 g/mol. The molecule has 0 spiro atoms. The summed E-state index contributed by atoms with van der Waals surface area (Å²) in [6, 6.07) is 10.0. The van der Waals surface area contributed by atoms with Crippen LogP contribution < -0.4 is 5.56 Å². The Labute approximate surface area is 156 Å². The van der Waals surface area contributed by atoms with Crippen LogP contribution in [0.25, 0.3) is 22.3 Å². The van der Waals surface area contributed by atoms with Gasteiger partial charge in [0.05, 0.1) is 34.4 Å². The molecule has 0 unspecified atom stereocenters. The van der Waals surface area contributed by atoms with Crippen molar-refractivity contribution in [1.29, 1.82) is 0 Å². The molecule has 0 bridgehead atoms. The maximum absolute atomic E-state index is 13.2. The quantitative estimate of drug-likeness (QED) is 0.488. The van der Waals surface area contributed by atoms with Crippen molar-refractivity contribution in [2.45, 2.75) is 45.8 Å². The van der Waals surface area contributed by atoms with Crippen LogP contribution in [0.2, 0.25) is 0 Å². The fourth-order valence-corrected chi connectivity index (χ4v) is 4.40. The number of carbonyl (C=O) groups is 1. The lowest BCUT2D eigenvalue weighted by molar-refractivity contribution is -0.153. The van der Waals surface area contributed by atoms with Crippen LogP contribution in [-0.4, -0.2) is 15.5 Å². The van der Waals surface area contributed by atoms with Gasteiger partial charge in [-0.25, -0.2) is 4.98 Å². The molecule has 0 saturated carbocycles. The van der Waals surface area contributed by atoms with E-state index in [1.54, 1.807) is 4.57 Å². The fourth-order valence-electron chi connectivity index (χ4n) is 4.40. The molecule has 2 aliphatic heterocycles. The Kier molecular flexibility index (Phi) is 3.18. The van der Waals surface area contributed by atoms with Crippen LogP contribution in [-0.2, 0) is 28.1 Å². The van der Waals surface area contributed by atoms with Gasteiger partial charge in [0.15, 0.2) is 0 Å². The molecule has 136 valence electrons. The molecule has 0 aliphatic carbocycles. The lowest BCUT2D eigenvalue weighted by Crippen LogP contribution is -2.42. The highest BCUT2D eigenvalue weighted by molar-refractivity contribution is 5.89. The zero-order chi connectivity index (χ0) is 18.9. The van der Waals surface area contributed by atoms with Gasteiger partial charge in [0.1, 0.15) is 6.61 Å². The normalized spacial score (nSPS) is 20.2. The highest BCUT2D eigenvalue weighted by atomic mass is 16.5. The minimum Gasteiger partial charge on any atom is -0.460 e. The van der Waals surface area contributed by atoms with Crippen LogP contribution in [0.1, 0.15) is 42.5 Å². The lowest BCUT2D eigenvalue weighted by Gasteiger charge is -2.33. The number of nitrogens with zero attached hydrogens (tertiary/aromatic N) is 2. The van der Waals surface area contributed by atoms with Crippen molar-refractivity contribution < 1.29 is 9.53 Å². The molecule has 2 aliphatic rings. The number of carbonyl (C=O) groups excluding carboxylic acids is 1. The molecule has 0 fully saturated rings. The molecule has 0 N–H and O–H groups in total. The van der Waals surface area contributed by atoms with Crippen LogP contribution in [0.15, 0.2) is 35.1 Å². The molecule has 0 radical (unpaired) electrons. The summed E-state index contributed by atoms with van der Waals surface area (Å²) in [5.74, 6) is -0.261. The van der Waals surface area contributed by atoms with Crippen LogP contribution in [0.4, 0.5) is 0 Å². The summed E-state index contributed by atoms with van der Waals surface area (Å²) in [6.45, 7) is 6.46. The van der Waals surface area contributed by atoms with Gasteiger partial charge in [0.25, 0.3) is 5.56 Å². The summed E-state index contributed by atoms with van der Waals surface area (Å²) >= 11 is 0. The van der Waals surface area contributed by atoms with Gasteiger partial charge < -0.3 is 9.30 Å². The number of hydrogen-bond donors (Lipinski definition) is 0. The smallest absolute Gasteiger partial charge is 0.316 e. The largest absolute Gasteiger partial charge is 0.460 e. The van der Waals surface area contributed by atoms with Gasteiger partial charge in [0.2, 0.25) is 0 Å². The second-order valence-corrected chi connectivity index (χ2v) is 7.66. The summed E-state index contributed by atoms with van der Waals surface area (Å²) in [4.78, 5) is 30.5. The van der Waals surface area contributed by atoms with Gasteiger partial charge in [-0.15, -0.1) is 0 Å². The van der Waals surface area contributed by atoms with Crippen LogP contribution in [0, 0.1) is 6.92 Å². The van der Waals surface area contributed by atoms with E-state index in [1.807, 2.05) is 38.1 Å². The molecule has 2 aromatic heterocycles. The Hall–Kier alpha value is -2.95. The zero-order valence-electron chi connectivity index (χ0n) is 15.6. The van der Waals surface area contributed by atoms with E-state index >= 15 is 0 Å². The number of pyridine rings is 2. The first-order chi connectivity index (χ1) is 13.0. The summed E-state index contributed by atoms with van der Waals surface area (Å²) < 4.78 is 7.12. The third-order valence-corrected chi connectivity index (χ3v) is 6.34. The Bertz CT molecular complexity index is 1210. The van der Waals surface area contributed by atoms with E-state index in [-0.39, 0.29) is 18.1 Å². The number of hydrogen-bond acceptors (Lipinski definition) is 4. The maximum Gasteiger partial charge on any atom is 0.316 e. The average molecular weight is 360 g/mol. The highest BCUT2D eigenvalue weighted by Gasteiger charge is 2.43. The zero-order valence-corrected chi connectivity index (χ0v) is 15.6. The molecule has 5 nitrogen and oxygen atoms in total. The van der Waals surface area contributed by atoms with E-state index < -0.39 is 5.41 Å². The molecule has 0 amide bonds. The molecular formula is C22H20N2O3. The van der Waals surface area contributed by atoms with Gasteiger partial charge in [-0.2, -0.15) is 0 Å². The van der Waals surface area contributed by atoms with Crippen molar-refractivity contribution in [1.82, 2.24) is 9.55 Å². The topological polar surface area (TPSA) is 61.2 Å². The van der Waals surface area contributed by atoms with E-state index in [2.05, 4.69) is 13.0 Å². The SMILES string of the molecule is CC[C@@]1(C)C(=O)OCc2c1cc1n(c2=O)Cc2c-1nc1ccccc1c2C. The number of aromatic nitrogens is 2. The number of rotatable bonds is 1. The van der Waals surface area contributed by atoms with Crippen LogP contribution in [0.3, 0.4) is 0 Å². The van der Waals surface area contributed by atoms with Gasteiger partial charge >= 0.3 is 5.97 Å². The molecule has 5 heteroatoms. The van der Waals surface area contributed by atoms with Crippen LogP contribution >= 0.6 is 0 Å². The molecule has 1 aromatic carbocycles. The fraction of sp³-hybridized carbons (Fsp3) is 0.318. The standard InChI is InChI=1S/C22H20N2O3/c1-4-22(3)16-9-18-19-14(12(2)13-7-5-6-8-17(13)23-19)10-24(18)20(25)15(16)11-27-21(22)26/h5-9H,4,10-11H2,1-3H3/t22-/m1/s1. The van der Waals surface area contributed by atoms with Crippen molar-refractivity contribution in [3.8, 4) is 11.4 Å². The van der Waals surface area contributed by atoms with Gasteiger partial charge in [-0.1, -0.05) is 25.1 Å². The van der Waals surface area contributed by atoms with Crippen molar-refractivity contribution in [3.05, 3.63) is 62.9 Å². The number of benzene rings is 1. The monoisotopic (exact) mass is 360 g/mol. The molecule has 4 heterocycles.